The highest BCUT2D eigenvalue weighted by atomic mass is 16.5. The van der Waals surface area contributed by atoms with Crippen LogP contribution in [0, 0.1) is 11.3 Å². The minimum absolute atomic E-state index is 0.163. The Morgan fingerprint density at radius 3 is 2.50 bits per heavy atom. The summed E-state index contributed by atoms with van der Waals surface area (Å²) in [6.45, 7) is 10.1. The molecule has 0 aromatic carbocycles. The van der Waals surface area contributed by atoms with E-state index in [2.05, 4.69) is 0 Å². The fourth-order valence-corrected chi connectivity index (χ4v) is 2.29. The third-order valence-corrected chi connectivity index (χ3v) is 4.35. The molecule has 1 heterocycles. The summed E-state index contributed by atoms with van der Waals surface area (Å²) < 4.78 is 5.20. The van der Waals surface area contributed by atoms with Gasteiger partial charge < -0.3 is 15.4 Å². The average Bonchev–Trinajstić information content (AvgIpc) is 2.27. The van der Waals surface area contributed by atoms with E-state index in [0.717, 1.165) is 32.5 Å². The summed E-state index contributed by atoms with van der Waals surface area (Å²) in [6, 6.07) is 0. The Balaban J connectivity index is 2.72. The quantitative estimate of drug-likeness (QED) is 0.832. The van der Waals surface area contributed by atoms with Crippen molar-refractivity contribution in [2.45, 2.75) is 46.1 Å². The largest absolute Gasteiger partial charge is 0.384 e. The summed E-state index contributed by atoms with van der Waals surface area (Å²) >= 11 is 0. The molecule has 1 amide bonds. The smallest absolute Gasteiger partial charge is 0.230 e. The summed E-state index contributed by atoms with van der Waals surface area (Å²) in [5.41, 5.74) is 5.09. The summed E-state index contributed by atoms with van der Waals surface area (Å²) in [4.78, 5) is 14.6. The van der Waals surface area contributed by atoms with E-state index in [0.29, 0.717) is 5.92 Å². The normalized spacial score (nSPS) is 22.1. The molecule has 1 unspecified atom stereocenters. The molecule has 4 nitrogen and oxygen atoms in total. The molecule has 106 valence electrons. The van der Waals surface area contributed by atoms with Crippen molar-refractivity contribution in [3.8, 4) is 0 Å². The van der Waals surface area contributed by atoms with E-state index in [4.69, 9.17) is 10.5 Å². The van der Waals surface area contributed by atoms with Crippen LogP contribution in [0.15, 0.2) is 0 Å². The number of carbonyl (C=O) groups is 1. The van der Waals surface area contributed by atoms with Gasteiger partial charge in [-0.3, -0.25) is 4.79 Å². The fourth-order valence-electron chi connectivity index (χ4n) is 2.29. The van der Waals surface area contributed by atoms with Crippen LogP contribution in [-0.2, 0) is 9.53 Å². The molecule has 1 saturated heterocycles. The number of likely N-dealkylation sites (tertiary alicyclic amines) is 1. The third-order valence-electron chi connectivity index (χ3n) is 4.35. The number of rotatable bonds is 4. The highest BCUT2D eigenvalue weighted by Gasteiger charge is 2.43. The summed E-state index contributed by atoms with van der Waals surface area (Å²) in [6.07, 6.45) is 2.20. The molecule has 0 bridgehead atoms. The lowest BCUT2D eigenvalue weighted by atomic mass is 9.73. The van der Waals surface area contributed by atoms with Crippen LogP contribution in [0.2, 0.25) is 0 Å². The van der Waals surface area contributed by atoms with Crippen LogP contribution < -0.4 is 5.73 Å². The Bertz CT molecular complexity index is 293. The number of nitrogens with zero attached hydrogens (tertiary/aromatic N) is 1. The molecule has 2 N–H and O–H groups in total. The molecule has 0 aromatic rings. The lowest BCUT2D eigenvalue weighted by Gasteiger charge is -2.43. The average molecular weight is 256 g/mol. The first-order valence-corrected chi connectivity index (χ1v) is 6.77. The predicted molar refractivity (Wildman–Crippen MR) is 73.2 cm³/mol. The molecule has 18 heavy (non-hydrogen) atoms. The number of piperidine rings is 1. The second-order valence-electron chi connectivity index (χ2n) is 6.56. The van der Waals surface area contributed by atoms with E-state index in [1.54, 1.807) is 7.11 Å². The number of carbonyl (C=O) groups excluding carboxylic acids is 1. The standard InChI is InChI=1S/C14H28N2O2/c1-13(2,14(3,4)15)12(17)16-8-6-7-11(9-16)10-18-5/h11H,6-10,15H2,1-5H3. The highest BCUT2D eigenvalue weighted by molar-refractivity contribution is 5.83. The lowest BCUT2D eigenvalue weighted by Crippen LogP contribution is -2.58. The molecule has 1 aliphatic heterocycles. The van der Waals surface area contributed by atoms with Gasteiger partial charge in [0.1, 0.15) is 0 Å². The van der Waals surface area contributed by atoms with Gasteiger partial charge in [0.25, 0.3) is 0 Å². The summed E-state index contributed by atoms with van der Waals surface area (Å²) in [7, 11) is 1.72. The van der Waals surface area contributed by atoms with E-state index < -0.39 is 11.0 Å². The highest BCUT2D eigenvalue weighted by Crippen LogP contribution is 2.32. The number of methoxy groups -OCH3 is 1. The van der Waals surface area contributed by atoms with E-state index in [-0.39, 0.29) is 5.91 Å². The Labute approximate surface area is 111 Å². The maximum atomic E-state index is 12.6. The Hall–Kier alpha value is -0.610. The van der Waals surface area contributed by atoms with Crippen molar-refractivity contribution < 1.29 is 9.53 Å². The molecule has 1 fully saturated rings. The van der Waals surface area contributed by atoms with Crippen molar-refractivity contribution in [2.24, 2.45) is 17.1 Å². The fraction of sp³-hybridized carbons (Fsp3) is 0.929. The Morgan fingerprint density at radius 2 is 2.00 bits per heavy atom. The molecular formula is C14H28N2O2. The maximum absolute atomic E-state index is 12.6. The topological polar surface area (TPSA) is 55.6 Å². The van der Waals surface area contributed by atoms with Crippen LogP contribution >= 0.6 is 0 Å². The molecule has 0 aliphatic carbocycles. The maximum Gasteiger partial charge on any atom is 0.230 e. The third kappa shape index (κ3) is 3.23. The molecule has 0 spiro atoms. The second-order valence-corrected chi connectivity index (χ2v) is 6.56. The first kappa shape index (κ1) is 15.4. The predicted octanol–water partition coefficient (Wildman–Crippen LogP) is 1.63. The minimum Gasteiger partial charge on any atom is -0.384 e. The Morgan fingerprint density at radius 1 is 1.39 bits per heavy atom. The molecular weight excluding hydrogens is 228 g/mol. The number of hydrogen-bond acceptors (Lipinski definition) is 3. The molecule has 4 heteroatoms. The van der Waals surface area contributed by atoms with Gasteiger partial charge in [-0.2, -0.15) is 0 Å². The van der Waals surface area contributed by atoms with Crippen molar-refractivity contribution >= 4 is 5.91 Å². The molecule has 0 saturated carbocycles. The van der Waals surface area contributed by atoms with E-state index in [1.165, 1.54) is 0 Å². The van der Waals surface area contributed by atoms with Gasteiger partial charge in [0.2, 0.25) is 5.91 Å². The van der Waals surface area contributed by atoms with Crippen molar-refractivity contribution in [1.29, 1.82) is 0 Å². The van der Waals surface area contributed by atoms with Gasteiger partial charge in [0, 0.05) is 25.7 Å². The van der Waals surface area contributed by atoms with E-state index in [1.807, 2.05) is 32.6 Å². The molecule has 0 aromatic heterocycles. The zero-order valence-corrected chi connectivity index (χ0v) is 12.5. The van der Waals surface area contributed by atoms with Gasteiger partial charge in [-0.25, -0.2) is 0 Å². The zero-order valence-electron chi connectivity index (χ0n) is 12.5. The Kier molecular flexibility index (Phi) is 4.78. The summed E-state index contributed by atoms with van der Waals surface area (Å²) in [5.74, 6) is 0.625. The van der Waals surface area contributed by atoms with Crippen LogP contribution in [0.4, 0.5) is 0 Å². The van der Waals surface area contributed by atoms with Crippen LogP contribution in [0.5, 0.6) is 0 Å². The van der Waals surface area contributed by atoms with Crippen LogP contribution in [0.25, 0.3) is 0 Å². The van der Waals surface area contributed by atoms with E-state index >= 15 is 0 Å². The van der Waals surface area contributed by atoms with Gasteiger partial charge >= 0.3 is 0 Å². The molecule has 1 aliphatic rings. The molecule has 1 atom stereocenters. The van der Waals surface area contributed by atoms with Crippen LogP contribution in [0.3, 0.4) is 0 Å². The zero-order chi connectivity index (χ0) is 14.0. The minimum atomic E-state index is -0.540. The second kappa shape index (κ2) is 5.57. The van der Waals surface area contributed by atoms with Crippen LogP contribution in [0.1, 0.15) is 40.5 Å². The van der Waals surface area contributed by atoms with Crippen molar-refractivity contribution in [1.82, 2.24) is 4.90 Å². The van der Waals surface area contributed by atoms with Gasteiger partial charge in [-0.1, -0.05) is 0 Å². The number of hydrogen-bond donors (Lipinski definition) is 1. The van der Waals surface area contributed by atoms with Gasteiger partial charge in [-0.05, 0) is 46.5 Å². The first-order chi connectivity index (χ1) is 8.20. The molecule has 1 rings (SSSR count). The van der Waals surface area contributed by atoms with Gasteiger partial charge in [-0.15, -0.1) is 0 Å². The van der Waals surface area contributed by atoms with Crippen molar-refractivity contribution in [2.75, 3.05) is 26.8 Å². The number of amides is 1. The molecule has 0 radical (unpaired) electrons. The lowest BCUT2D eigenvalue weighted by molar-refractivity contribution is -0.145. The van der Waals surface area contributed by atoms with Crippen LogP contribution in [-0.4, -0.2) is 43.2 Å². The summed E-state index contributed by atoms with van der Waals surface area (Å²) in [5, 5.41) is 0. The number of ether oxygens (including phenoxy) is 1. The van der Waals surface area contributed by atoms with Gasteiger partial charge in [0.05, 0.1) is 12.0 Å². The van der Waals surface area contributed by atoms with Crippen molar-refractivity contribution in [3.63, 3.8) is 0 Å². The van der Waals surface area contributed by atoms with Gasteiger partial charge in [0.15, 0.2) is 0 Å². The van der Waals surface area contributed by atoms with Crippen molar-refractivity contribution in [3.05, 3.63) is 0 Å². The number of nitrogens with two attached hydrogens (primary N) is 1. The monoisotopic (exact) mass is 256 g/mol. The SMILES string of the molecule is COCC1CCCN(C(=O)C(C)(C)C(C)(C)N)C1. The van der Waals surface area contributed by atoms with E-state index in [9.17, 15) is 4.79 Å². The first-order valence-electron chi connectivity index (χ1n) is 6.77.